The lowest BCUT2D eigenvalue weighted by atomic mass is 10.1. The molecule has 0 aromatic heterocycles. The Morgan fingerprint density at radius 3 is 2.55 bits per heavy atom. The third kappa shape index (κ3) is 2.70. The van der Waals surface area contributed by atoms with Crippen molar-refractivity contribution < 1.29 is 5.11 Å². The van der Waals surface area contributed by atoms with Crippen molar-refractivity contribution >= 4 is 28.1 Å². The molecule has 2 nitrogen and oxygen atoms in total. The van der Waals surface area contributed by atoms with Crippen LogP contribution in [0.5, 0.6) is 5.75 Å². The van der Waals surface area contributed by atoms with Gasteiger partial charge in [0.15, 0.2) is 0 Å². The Bertz CT molecular complexity index is 755. The monoisotopic (exact) mass is 283 g/mol. The Labute approximate surface area is 122 Å². The molecule has 0 spiro atoms. The predicted octanol–water partition coefficient (Wildman–Crippen LogP) is 4.81. The van der Waals surface area contributed by atoms with E-state index in [-0.39, 0.29) is 5.75 Å². The van der Waals surface area contributed by atoms with E-state index in [1.165, 1.54) is 10.8 Å². The molecule has 0 saturated heterocycles. The highest BCUT2D eigenvalue weighted by Crippen LogP contribution is 2.24. The number of rotatable bonds is 3. The van der Waals surface area contributed by atoms with Gasteiger partial charge in [-0.25, -0.2) is 0 Å². The van der Waals surface area contributed by atoms with Gasteiger partial charge in [0.1, 0.15) is 5.75 Å². The summed E-state index contributed by atoms with van der Waals surface area (Å²) in [6, 6.07) is 19.5. The summed E-state index contributed by atoms with van der Waals surface area (Å²) in [6.45, 7) is 0.532. The average molecular weight is 284 g/mol. The maximum absolute atomic E-state index is 9.79. The van der Waals surface area contributed by atoms with Gasteiger partial charge in [-0.2, -0.15) is 0 Å². The Kier molecular flexibility index (Phi) is 3.48. The number of nitrogens with one attached hydrogen (secondary N) is 1. The summed E-state index contributed by atoms with van der Waals surface area (Å²) < 4.78 is 0. The lowest BCUT2D eigenvalue weighted by Gasteiger charge is -2.09. The van der Waals surface area contributed by atoms with Crippen molar-refractivity contribution in [3.05, 3.63) is 71.2 Å². The van der Waals surface area contributed by atoms with E-state index in [0.29, 0.717) is 11.6 Å². The highest BCUT2D eigenvalue weighted by atomic mass is 35.5. The van der Waals surface area contributed by atoms with E-state index in [4.69, 9.17) is 11.6 Å². The van der Waals surface area contributed by atoms with E-state index in [9.17, 15) is 5.11 Å². The molecular weight excluding hydrogens is 270 g/mol. The third-order valence-corrected chi connectivity index (χ3v) is 3.51. The van der Waals surface area contributed by atoms with Crippen molar-refractivity contribution in [3.8, 4) is 5.75 Å². The van der Waals surface area contributed by atoms with E-state index in [0.717, 1.165) is 11.3 Å². The lowest BCUT2D eigenvalue weighted by molar-refractivity contribution is 0.469. The summed E-state index contributed by atoms with van der Waals surface area (Å²) in [7, 11) is 0. The van der Waals surface area contributed by atoms with Crippen molar-refractivity contribution in [2.24, 2.45) is 0 Å². The van der Waals surface area contributed by atoms with Gasteiger partial charge >= 0.3 is 0 Å². The number of hydrogen-bond acceptors (Lipinski definition) is 2. The highest BCUT2D eigenvalue weighted by molar-refractivity contribution is 6.30. The minimum Gasteiger partial charge on any atom is -0.508 e. The van der Waals surface area contributed by atoms with E-state index >= 15 is 0 Å². The normalized spacial score (nSPS) is 10.7. The van der Waals surface area contributed by atoms with Crippen LogP contribution in [0.15, 0.2) is 60.7 Å². The van der Waals surface area contributed by atoms with Gasteiger partial charge in [-0.1, -0.05) is 41.9 Å². The Hall–Kier alpha value is -2.19. The van der Waals surface area contributed by atoms with Crippen molar-refractivity contribution in [2.45, 2.75) is 6.54 Å². The zero-order valence-corrected chi connectivity index (χ0v) is 11.6. The maximum atomic E-state index is 9.79. The summed E-state index contributed by atoms with van der Waals surface area (Å²) >= 11 is 5.94. The zero-order valence-electron chi connectivity index (χ0n) is 10.8. The summed E-state index contributed by atoms with van der Waals surface area (Å²) in [4.78, 5) is 0. The molecule has 0 aliphatic carbocycles. The van der Waals surface area contributed by atoms with Crippen LogP contribution in [0.3, 0.4) is 0 Å². The molecule has 2 N–H and O–H groups in total. The van der Waals surface area contributed by atoms with Gasteiger partial charge in [0, 0.05) is 22.8 Å². The first-order valence-electron chi connectivity index (χ1n) is 6.42. The van der Waals surface area contributed by atoms with Crippen LogP contribution in [0, 0.1) is 0 Å². The molecule has 3 aromatic rings. The zero-order chi connectivity index (χ0) is 13.9. The molecule has 0 amide bonds. The second-order valence-electron chi connectivity index (χ2n) is 4.69. The summed E-state index contributed by atoms with van der Waals surface area (Å²) in [5, 5.41) is 16.1. The Morgan fingerprint density at radius 2 is 1.70 bits per heavy atom. The minimum absolute atomic E-state index is 0.252. The van der Waals surface area contributed by atoms with Gasteiger partial charge in [0.05, 0.1) is 0 Å². The number of aromatic hydroxyl groups is 1. The molecule has 0 saturated carbocycles. The largest absolute Gasteiger partial charge is 0.508 e. The first-order chi connectivity index (χ1) is 9.72. The first kappa shape index (κ1) is 12.8. The Balaban J connectivity index is 1.81. The molecule has 0 aliphatic rings. The molecule has 3 heteroatoms. The molecule has 3 aromatic carbocycles. The van der Waals surface area contributed by atoms with Crippen LogP contribution in [0.2, 0.25) is 5.02 Å². The summed E-state index contributed by atoms with van der Waals surface area (Å²) in [5.41, 5.74) is 1.80. The van der Waals surface area contributed by atoms with Crippen LogP contribution in [0.25, 0.3) is 10.8 Å². The number of anilines is 1. The molecular formula is C17H14ClNO. The molecule has 0 fully saturated rings. The van der Waals surface area contributed by atoms with Gasteiger partial charge in [0.2, 0.25) is 0 Å². The topological polar surface area (TPSA) is 32.3 Å². The number of benzene rings is 3. The number of phenolic OH excluding ortho intramolecular Hbond substituents is 1. The Morgan fingerprint density at radius 1 is 0.900 bits per heavy atom. The molecule has 0 bridgehead atoms. The van der Waals surface area contributed by atoms with Gasteiger partial charge < -0.3 is 10.4 Å². The van der Waals surface area contributed by atoms with Crippen LogP contribution in [0.1, 0.15) is 5.56 Å². The quantitative estimate of drug-likeness (QED) is 0.723. The molecule has 0 radical (unpaired) electrons. The molecule has 0 unspecified atom stereocenters. The minimum atomic E-state index is 0.252. The number of hydrogen-bond donors (Lipinski definition) is 2. The van der Waals surface area contributed by atoms with E-state index in [1.807, 2.05) is 18.2 Å². The van der Waals surface area contributed by atoms with E-state index < -0.39 is 0 Å². The second-order valence-corrected chi connectivity index (χ2v) is 5.12. The molecule has 20 heavy (non-hydrogen) atoms. The lowest BCUT2D eigenvalue weighted by Crippen LogP contribution is -1.99. The maximum Gasteiger partial charge on any atom is 0.120 e. The van der Waals surface area contributed by atoms with Crippen LogP contribution >= 0.6 is 11.6 Å². The SMILES string of the molecule is Oc1ccc(Cl)cc1CNc1ccc2ccccc2c1. The van der Waals surface area contributed by atoms with Crippen molar-refractivity contribution in [3.63, 3.8) is 0 Å². The fraction of sp³-hybridized carbons (Fsp3) is 0.0588. The fourth-order valence-corrected chi connectivity index (χ4v) is 2.39. The average Bonchev–Trinajstić information content (AvgIpc) is 2.48. The summed E-state index contributed by atoms with van der Waals surface area (Å²) in [5.74, 6) is 0.252. The number of phenols is 1. The van der Waals surface area contributed by atoms with Crippen molar-refractivity contribution in [1.82, 2.24) is 0 Å². The van der Waals surface area contributed by atoms with Gasteiger partial charge in [0.25, 0.3) is 0 Å². The third-order valence-electron chi connectivity index (χ3n) is 3.27. The molecule has 0 aliphatic heterocycles. The first-order valence-corrected chi connectivity index (χ1v) is 6.80. The summed E-state index contributed by atoms with van der Waals surface area (Å²) in [6.07, 6.45) is 0. The highest BCUT2D eigenvalue weighted by Gasteiger charge is 2.02. The van der Waals surface area contributed by atoms with Crippen LogP contribution in [0.4, 0.5) is 5.69 Å². The molecule has 3 rings (SSSR count). The fourth-order valence-electron chi connectivity index (χ4n) is 2.19. The van der Waals surface area contributed by atoms with E-state index in [2.05, 4.69) is 29.6 Å². The molecule has 0 heterocycles. The molecule has 0 atom stereocenters. The van der Waals surface area contributed by atoms with E-state index in [1.54, 1.807) is 18.2 Å². The molecule has 100 valence electrons. The number of fused-ring (bicyclic) bond motifs is 1. The van der Waals surface area contributed by atoms with Crippen molar-refractivity contribution in [1.29, 1.82) is 0 Å². The smallest absolute Gasteiger partial charge is 0.120 e. The standard InChI is InChI=1S/C17H14ClNO/c18-15-6-8-17(20)14(9-15)11-19-16-7-5-12-3-1-2-4-13(12)10-16/h1-10,19-20H,11H2. The van der Waals surface area contributed by atoms with Crippen LogP contribution in [-0.4, -0.2) is 5.11 Å². The predicted molar refractivity (Wildman–Crippen MR) is 84.4 cm³/mol. The second kappa shape index (κ2) is 5.43. The van der Waals surface area contributed by atoms with Gasteiger partial charge in [-0.15, -0.1) is 0 Å². The number of halogens is 1. The van der Waals surface area contributed by atoms with Crippen LogP contribution < -0.4 is 5.32 Å². The van der Waals surface area contributed by atoms with Crippen molar-refractivity contribution in [2.75, 3.05) is 5.32 Å². The van der Waals surface area contributed by atoms with Gasteiger partial charge in [-0.05, 0) is 41.1 Å². The van der Waals surface area contributed by atoms with Crippen LogP contribution in [-0.2, 0) is 6.54 Å². The van der Waals surface area contributed by atoms with Gasteiger partial charge in [-0.3, -0.25) is 0 Å².